The molecule has 0 unspecified atom stereocenters. The summed E-state index contributed by atoms with van der Waals surface area (Å²) in [5.74, 6) is -1.96. The van der Waals surface area contributed by atoms with Gasteiger partial charge in [-0.15, -0.1) is 0 Å². The van der Waals surface area contributed by atoms with E-state index in [1.165, 1.54) is 13.8 Å². The summed E-state index contributed by atoms with van der Waals surface area (Å²) in [7, 11) is 0. The third kappa shape index (κ3) is 4.17. The fraction of sp³-hybridized carbons (Fsp3) is 0.750. The van der Waals surface area contributed by atoms with E-state index in [1.807, 2.05) is 0 Å². The lowest BCUT2D eigenvalue weighted by Crippen LogP contribution is -2.60. The number of aliphatic hydroxyl groups is 1. The molecule has 1 saturated heterocycles. The average molecular weight is 290 g/mol. The molecular weight excluding hydrogens is 272 g/mol. The molecule has 1 N–H and O–H groups in total. The fourth-order valence-corrected chi connectivity index (χ4v) is 1.99. The third-order valence-electron chi connectivity index (χ3n) is 2.65. The van der Waals surface area contributed by atoms with Crippen molar-refractivity contribution in [3.63, 3.8) is 0 Å². The molecule has 1 rings (SSSR count). The number of rotatable bonds is 3. The minimum Gasteiger partial charge on any atom is -0.456 e. The highest BCUT2D eigenvalue weighted by molar-refractivity contribution is 5.68. The molecule has 0 aromatic rings. The molecule has 0 aliphatic carbocycles. The quantitative estimate of drug-likeness (QED) is 0.548. The molecule has 8 heteroatoms. The lowest BCUT2D eigenvalue weighted by atomic mass is 9.99. The maximum absolute atomic E-state index is 11.2. The largest absolute Gasteiger partial charge is 0.456 e. The average Bonchev–Trinajstić information content (AvgIpc) is 2.27. The van der Waals surface area contributed by atoms with Gasteiger partial charge in [0.2, 0.25) is 0 Å². The van der Waals surface area contributed by atoms with Crippen LogP contribution in [0.5, 0.6) is 0 Å². The van der Waals surface area contributed by atoms with E-state index < -0.39 is 48.6 Å². The van der Waals surface area contributed by atoms with Gasteiger partial charge in [-0.05, 0) is 6.92 Å². The standard InChI is InChI=1S/C12H18O8/c1-5-9(18-6(2)13)10(19-7(3)14)11(12(16)17-5)20-8(4)15/h5,9-12,16H,1-4H3/t5-,9+,10+,11+,12-/m1/s1. The molecule has 0 radical (unpaired) electrons. The van der Waals surface area contributed by atoms with Crippen LogP contribution in [-0.4, -0.2) is 53.7 Å². The Hall–Kier alpha value is -1.67. The Labute approximate surface area is 115 Å². The van der Waals surface area contributed by atoms with Crippen LogP contribution in [0.2, 0.25) is 0 Å². The normalized spacial score (nSPS) is 33.1. The highest BCUT2D eigenvalue weighted by atomic mass is 16.7. The van der Waals surface area contributed by atoms with Crippen molar-refractivity contribution in [2.75, 3.05) is 0 Å². The Bertz CT molecular complexity index is 365. The minimum absolute atomic E-state index is 0.611. The molecule has 5 atom stereocenters. The Morgan fingerprint density at radius 1 is 0.850 bits per heavy atom. The van der Waals surface area contributed by atoms with Crippen LogP contribution in [0.1, 0.15) is 27.7 Å². The summed E-state index contributed by atoms with van der Waals surface area (Å²) in [4.78, 5) is 33.3. The van der Waals surface area contributed by atoms with Gasteiger partial charge in [0.05, 0.1) is 6.10 Å². The van der Waals surface area contributed by atoms with Crippen LogP contribution < -0.4 is 0 Å². The molecule has 1 fully saturated rings. The number of carbonyl (C=O) groups excluding carboxylic acids is 3. The van der Waals surface area contributed by atoms with E-state index in [0.29, 0.717) is 0 Å². The number of esters is 3. The molecular formula is C12H18O8. The van der Waals surface area contributed by atoms with Gasteiger partial charge in [-0.25, -0.2) is 0 Å². The van der Waals surface area contributed by atoms with Gasteiger partial charge in [0.15, 0.2) is 24.6 Å². The van der Waals surface area contributed by atoms with E-state index >= 15 is 0 Å². The smallest absolute Gasteiger partial charge is 0.303 e. The van der Waals surface area contributed by atoms with Crippen molar-refractivity contribution in [3.8, 4) is 0 Å². The molecule has 0 bridgehead atoms. The molecule has 0 amide bonds. The van der Waals surface area contributed by atoms with Gasteiger partial charge in [-0.1, -0.05) is 0 Å². The first-order valence-corrected chi connectivity index (χ1v) is 6.07. The van der Waals surface area contributed by atoms with Gasteiger partial charge in [-0.3, -0.25) is 14.4 Å². The number of hydrogen-bond donors (Lipinski definition) is 1. The van der Waals surface area contributed by atoms with E-state index in [1.54, 1.807) is 0 Å². The van der Waals surface area contributed by atoms with E-state index in [-0.39, 0.29) is 0 Å². The van der Waals surface area contributed by atoms with E-state index in [0.717, 1.165) is 13.8 Å². The van der Waals surface area contributed by atoms with Gasteiger partial charge in [0, 0.05) is 20.8 Å². The molecule has 8 nitrogen and oxygen atoms in total. The van der Waals surface area contributed by atoms with Gasteiger partial charge >= 0.3 is 17.9 Å². The summed E-state index contributed by atoms with van der Waals surface area (Å²) in [6.07, 6.45) is -5.60. The zero-order valence-corrected chi connectivity index (χ0v) is 11.7. The topological polar surface area (TPSA) is 108 Å². The van der Waals surface area contributed by atoms with Gasteiger partial charge in [0.25, 0.3) is 0 Å². The van der Waals surface area contributed by atoms with Crippen LogP contribution >= 0.6 is 0 Å². The second-order valence-electron chi connectivity index (χ2n) is 4.45. The molecule has 1 aliphatic heterocycles. The first-order chi connectivity index (χ1) is 9.22. The first-order valence-electron chi connectivity index (χ1n) is 6.07. The van der Waals surface area contributed by atoms with Crippen molar-refractivity contribution in [2.24, 2.45) is 0 Å². The molecule has 0 aromatic heterocycles. The number of carbonyl (C=O) groups is 3. The van der Waals surface area contributed by atoms with Crippen molar-refractivity contribution < 1.29 is 38.4 Å². The van der Waals surface area contributed by atoms with Crippen molar-refractivity contribution in [3.05, 3.63) is 0 Å². The van der Waals surface area contributed by atoms with Crippen LogP contribution in [0.25, 0.3) is 0 Å². The molecule has 20 heavy (non-hydrogen) atoms. The predicted octanol–water partition coefficient (Wildman–Crippen LogP) is -0.481. The summed E-state index contributed by atoms with van der Waals surface area (Å²) in [6.45, 7) is 5.01. The third-order valence-corrected chi connectivity index (χ3v) is 2.65. The second kappa shape index (κ2) is 6.67. The lowest BCUT2D eigenvalue weighted by molar-refractivity contribution is -0.288. The molecule has 114 valence electrons. The number of hydrogen-bond acceptors (Lipinski definition) is 8. The summed E-state index contributed by atoms with van der Waals surface area (Å²) in [5.41, 5.74) is 0. The maximum atomic E-state index is 11.2. The monoisotopic (exact) mass is 290 g/mol. The second-order valence-corrected chi connectivity index (χ2v) is 4.45. The Morgan fingerprint density at radius 2 is 1.25 bits per heavy atom. The highest BCUT2D eigenvalue weighted by Crippen LogP contribution is 2.27. The number of ether oxygens (including phenoxy) is 4. The summed E-state index contributed by atoms with van der Waals surface area (Å²) < 4.78 is 20.1. The van der Waals surface area contributed by atoms with Gasteiger partial charge < -0.3 is 24.1 Å². The minimum atomic E-state index is -1.48. The molecule has 0 aromatic carbocycles. The molecule has 0 spiro atoms. The predicted molar refractivity (Wildman–Crippen MR) is 63.2 cm³/mol. The van der Waals surface area contributed by atoms with E-state index in [4.69, 9.17) is 18.9 Å². The van der Waals surface area contributed by atoms with Crippen molar-refractivity contribution in [2.45, 2.75) is 58.4 Å². The molecule has 1 heterocycles. The zero-order chi connectivity index (χ0) is 15.4. The fourth-order valence-electron chi connectivity index (χ4n) is 1.99. The lowest BCUT2D eigenvalue weighted by Gasteiger charge is -2.41. The van der Waals surface area contributed by atoms with Crippen molar-refractivity contribution in [1.82, 2.24) is 0 Å². The summed E-state index contributed by atoms with van der Waals surface area (Å²) in [6, 6.07) is 0. The van der Waals surface area contributed by atoms with Crippen LogP contribution in [-0.2, 0) is 33.3 Å². The Morgan fingerprint density at radius 3 is 1.70 bits per heavy atom. The summed E-state index contributed by atoms with van der Waals surface area (Å²) >= 11 is 0. The summed E-state index contributed by atoms with van der Waals surface area (Å²) in [5, 5.41) is 9.79. The van der Waals surface area contributed by atoms with E-state index in [9.17, 15) is 19.5 Å². The maximum Gasteiger partial charge on any atom is 0.303 e. The molecule has 0 saturated carbocycles. The van der Waals surface area contributed by atoms with Gasteiger partial charge in [-0.2, -0.15) is 0 Å². The van der Waals surface area contributed by atoms with E-state index in [2.05, 4.69) is 0 Å². The van der Waals surface area contributed by atoms with Gasteiger partial charge in [0.1, 0.15) is 0 Å². The Balaban J connectivity index is 3.01. The van der Waals surface area contributed by atoms with Crippen molar-refractivity contribution >= 4 is 17.9 Å². The van der Waals surface area contributed by atoms with Crippen molar-refractivity contribution in [1.29, 1.82) is 0 Å². The Kier molecular flexibility index (Phi) is 5.46. The van der Waals surface area contributed by atoms with Crippen LogP contribution in [0.3, 0.4) is 0 Å². The molecule has 1 aliphatic rings. The number of aliphatic hydroxyl groups excluding tert-OH is 1. The SMILES string of the molecule is CC(=O)O[C@H]1[C@@H](OC(C)=O)[C@@H](C)O[C@@H](O)[C@H]1OC(C)=O. The zero-order valence-electron chi connectivity index (χ0n) is 11.7. The van der Waals surface area contributed by atoms with Crippen LogP contribution in [0, 0.1) is 0 Å². The highest BCUT2D eigenvalue weighted by Gasteiger charge is 2.49. The van der Waals surface area contributed by atoms with Crippen LogP contribution in [0.4, 0.5) is 0 Å². The van der Waals surface area contributed by atoms with Crippen LogP contribution in [0.15, 0.2) is 0 Å². The first kappa shape index (κ1) is 16.4.